The fourth-order valence-electron chi connectivity index (χ4n) is 3.91. The Bertz CT molecular complexity index is 813. The summed E-state index contributed by atoms with van der Waals surface area (Å²) in [5.41, 5.74) is -0.607. The van der Waals surface area contributed by atoms with Gasteiger partial charge in [0.2, 0.25) is 15.9 Å². The molecule has 2 aliphatic rings. The van der Waals surface area contributed by atoms with Crippen LogP contribution in [0.5, 0.6) is 0 Å². The Balaban J connectivity index is 1.79. The van der Waals surface area contributed by atoms with Crippen LogP contribution in [0, 0.1) is 17.0 Å². The van der Waals surface area contributed by atoms with Crippen molar-refractivity contribution in [1.29, 1.82) is 0 Å². The lowest BCUT2D eigenvalue weighted by molar-refractivity contribution is -0.146. The van der Waals surface area contributed by atoms with Gasteiger partial charge in [-0.05, 0) is 39.2 Å². The molecule has 1 atom stereocenters. The normalized spacial score (nSPS) is 24.8. The molecule has 1 amide bonds. The van der Waals surface area contributed by atoms with Gasteiger partial charge in [-0.15, -0.1) is 0 Å². The molecule has 2 aliphatic heterocycles. The molecule has 2 fully saturated rings. The van der Waals surface area contributed by atoms with Gasteiger partial charge in [-0.3, -0.25) is 4.79 Å². The third-order valence-corrected chi connectivity index (χ3v) is 7.71. The van der Waals surface area contributed by atoms with Crippen molar-refractivity contribution >= 4 is 15.9 Å². The first-order chi connectivity index (χ1) is 12.2. The molecule has 0 N–H and O–H groups in total. The van der Waals surface area contributed by atoms with Crippen LogP contribution in [0.4, 0.5) is 8.78 Å². The third-order valence-electron chi connectivity index (χ3n) is 5.49. The maximum Gasteiger partial charge on any atom is 0.230 e. The van der Waals surface area contributed by atoms with Crippen LogP contribution in [0.25, 0.3) is 0 Å². The first-order valence-corrected chi connectivity index (χ1v) is 10.4. The minimum absolute atomic E-state index is 0.00110. The van der Waals surface area contributed by atoms with Gasteiger partial charge < -0.3 is 4.90 Å². The topological polar surface area (TPSA) is 57.7 Å². The Morgan fingerprint density at radius 2 is 1.92 bits per heavy atom. The molecule has 1 aromatic carbocycles. The molecule has 2 saturated heterocycles. The number of amides is 1. The molecule has 8 heteroatoms. The van der Waals surface area contributed by atoms with Crippen LogP contribution in [-0.2, 0) is 21.4 Å². The summed E-state index contributed by atoms with van der Waals surface area (Å²) >= 11 is 0. The van der Waals surface area contributed by atoms with Gasteiger partial charge in [0.1, 0.15) is 0 Å². The fraction of sp³-hybridized carbons (Fsp3) is 0.611. The quantitative estimate of drug-likeness (QED) is 0.799. The Hall–Kier alpha value is -1.54. The van der Waals surface area contributed by atoms with Gasteiger partial charge in [0.05, 0.1) is 10.7 Å². The zero-order chi connectivity index (χ0) is 19.1. The van der Waals surface area contributed by atoms with Crippen molar-refractivity contribution in [1.82, 2.24) is 9.21 Å². The Morgan fingerprint density at radius 1 is 1.19 bits per heavy atom. The van der Waals surface area contributed by atoms with Crippen molar-refractivity contribution < 1.29 is 22.0 Å². The predicted molar refractivity (Wildman–Crippen MR) is 93.7 cm³/mol. The number of sulfonamides is 1. The van der Waals surface area contributed by atoms with Crippen LogP contribution in [-0.4, -0.2) is 48.4 Å². The van der Waals surface area contributed by atoms with E-state index >= 15 is 0 Å². The maximum absolute atomic E-state index is 14.0. The zero-order valence-corrected chi connectivity index (χ0v) is 15.9. The summed E-state index contributed by atoms with van der Waals surface area (Å²) in [4.78, 5) is 14.6. The van der Waals surface area contributed by atoms with Gasteiger partial charge in [0.15, 0.2) is 11.6 Å². The summed E-state index contributed by atoms with van der Waals surface area (Å²) < 4.78 is 53.7. The molecule has 26 heavy (non-hydrogen) atoms. The second-order valence-electron chi connectivity index (χ2n) is 7.50. The Morgan fingerprint density at radius 3 is 2.62 bits per heavy atom. The highest BCUT2D eigenvalue weighted by Crippen LogP contribution is 2.41. The SMILES string of the molecule is CC(C)S(=O)(=O)N1CC[C@@]2(CCCN(Cc3cccc(F)c3F)C2=O)C1. The summed E-state index contributed by atoms with van der Waals surface area (Å²) in [7, 11) is -3.41. The molecule has 0 aromatic heterocycles. The van der Waals surface area contributed by atoms with E-state index in [1.54, 1.807) is 13.8 Å². The monoisotopic (exact) mass is 386 g/mol. The molecule has 0 aliphatic carbocycles. The van der Waals surface area contributed by atoms with Crippen molar-refractivity contribution in [3.8, 4) is 0 Å². The highest BCUT2D eigenvalue weighted by atomic mass is 32.2. The molecule has 0 unspecified atom stereocenters. The van der Waals surface area contributed by atoms with Gasteiger partial charge in [0, 0.05) is 31.7 Å². The minimum Gasteiger partial charge on any atom is -0.338 e. The first kappa shape index (κ1) is 19.2. The molecule has 0 radical (unpaired) electrons. The fourth-order valence-corrected chi connectivity index (χ4v) is 5.28. The first-order valence-electron chi connectivity index (χ1n) is 8.89. The molecule has 1 spiro atoms. The number of carbonyl (C=O) groups excluding carboxylic acids is 1. The van der Waals surface area contributed by atoms with E-state index in [2.05, 4.69) is 0 Å². The summed E-state index contributed by atoms with van der Waals surface area (Å²) in [6, 6.07) is 3.94. The van der Waals surface area contributed by atoms with Crippen molar-refractivity contribution in [2.75, 3.05) is 19.6 Å². The second-order valence-corrected chi connectivity index (χ2v) is 9.99. The lowest BCUT2D eigenvalue weighted by Crippen LogP contribution is -2.50. The predicted octanol–water partition coefficient (Wildman–Crippen LogP) is 2.52. The van der Waals surface area contributed by atoms with E-state index in [1.807, 2.05) is 0 Å². The number of nitrogens with zero attached hydrogens (tertiary/aromatic N) is 2. The molecule has 5 nitrogen and oxygen atoms in total. The number of halogens is 2. The molecule has 144 valence electrons. The van der Waals surface area contributed by atoms with Crippen LogP contribution in [0.3, 0.4) is 0 Å². The number of piperidine rings is 1. The van der Waals surface area contributed by atoms with Gasteiger partial charge in [-0.1, -0.05) is 12.1 Å². The van der Waals surface area contributed by atoms with E-state index in [0.717, 1.165) is 12.5 Å². The highest BCUT2D eigenvalue weighted by molar-refractivity contribution is 7.89. The highest BCUT2D eigenvalue weighted by Gasteiger charge is 2.51. The van der Waals surface area contributed by atoms with E-state index in [4.69, 9.17) is 0 Å². The maximum atomic E-state index is 14.0. The lowest BCUT2D eigenvalue weighted by atomic mass is 9.78. The van der Waals surface area contributed by atoms with Crippen molar-refractivity contribution in [3.63, 3.8) is 0 Å². The molecule has 0 bridgehead atoms. The van der Waals surface area contributed by atoms with E-state index in [0.29, 0.717) is 25.9 Å². The van der Waals surface area contributed by atoms with Gasteiger partial charge in [-0.25, -0.2) is 21.5 Å². The summed E-state index contributed by atoms with van der Waals surface area (Å²) in [6.45, 7) is 4.22. The minimum atomic E-state index is -3.41. The smallest absolute Gasteiger partial charge is 0.230 e. The molecule has 3 rings (SSSR count). The number of carbonyl (C=O) groups is 1. The van der Waals surface area contributed by atoms with E-state index in [-0.39, 0.29) is 24.6 Å². The van der Waals surface area contributed by atoms with Crippen molar-refractivity contribution in [2.24, 2.45) is 5.41 Å². The molecule has 1 aromatic rings. The number of hydrogen-bond donors (Lipinski definition) is 0. The van der Waals surface area contributed by atoms with Gasteiger partial charge >= 0.3 is 0 Å². The van der Waals surface area contributed by atoms with E-state index in [1.165, 1.54) is 21.3 Å². The summed E-state index contributed by atoms with van der Waals surface area (Å²) in [5, 5.41) is -0.533. The summed E-state index contributed by atoms with van der Waals surface area (Å²) in [6.07, 6.45) is 1.82. The van der Waals surface area contributed by atoms with Gasteiger partial charge in [0.25, 0.3) is 0 Å². The van der Waals surface area contributed by atoms with E-state index in [9.17, 15) is 22.0 Å². The van der Waals surface area contributed by atoms with Crippen molar-refractivity contribution in [3.05, 3.63) is 35.4 Å². The van der Waals surface area contributed by atoms with Crippen LogP contribution in [0.1, 0.15) is 38.7 Å². The van der Waals surface area contributed by atoms with Gasteiger partial charge in [-0.2, -0.15) is 0 Å². The Labute approximate surface area is 153 Å². The zero-order valence-electron chi connectivity index (χ0n) is 15.0. The van der Waals surface area contributed by atoms with Crippen LogP contribution in [0.15, 0.2) is 18.2 Å². The molecular formula is C18H24F2N2O3S. The van der Waals surface area contributed by atoms with Crippen LogP contribution >= 0.6 is 0 Å². The second kappa shape index (κ2) is 6.88. The number of rotatable bonds is 4. The number of hydrogen-bond acceptors (Lipinski definition) is 3. The van der Waals surface area contributed by atoms with Crippen LogP contribution < -0.4 is 0 Å². The average molecular weight is 386 g/mol. The van der Waals surface area contributed by atoms with E-state index < -0.39 is 32.3 Å². The standard InChI is InChI=1S/C18H24F2N2O3S/c1-13(2)26(24,25)22-10-8-18(12-22)7-4-9-21(17(18)23)11-14-5-3-6-15(19)16(14)20/h3,5-6,13H,4,7-12H2,1-2H3/t18-/m0/s1. The number of benzene rings is 1. The lowest BCUT2D eigenvalue weighted by Gasteiger charge is -2.39. The largest absolute Gasteiger partial charge is 0.338 e. The van der Waals surface area contributed by atoms with Crippen molar-refractivity contribution in [2.45, 2.75) is 44.9 Å². The average Bonchev–Trinajstić information content (AvgIpc) is 3.02. The number of likely N-dealkylation sites (tertiary alicyclic amines) is 1. The molecular weight excluding hydrogens is 362 g/mol. The van der Waals surface area contributed by atoms with Crippen LogP contribution in [0.2, 0.25) is 0 Å². The summed E-state index contributed by atoms with van der Waals surface area (Å²) in [5.74, 6) is -2.03. The Kier molecular flexibility index (Phi) is 5.09. The third kappa shape index (κ3) is 3.24. The molecule has 2 heterocycles. The molecule has 0 saturated carbocycles.